The number of nitrogens with two attached hydrogens (primary N) is 1. The highest BCUT2D eigenvalue weighted by molar-refractivity contribution is 6.31. The maximum atomic E-state index is 13.8. The van der Waals surface area contributed by atoms with Crippen LogP contribution < -0.4 is 21.7 Å². The quantitative estimate of drug-likeness (QED) is 0.375. The first-order valence-electron chi connectivity index (χ1n) is 10.9. The molecule has 0 saturated heterocycles. The number of carbonyl (C=O) groups is 2. The molecule has 4 aromatic rings. The van der Waals surface area contributed by atoms with Crippen molar-refractivity contribution in [2.75, 3.05) is 0 Å². The number of fused-ring (bicyclic) bond motifs is 1. The van der Waals surface area contributed by atoms with E-state index in [2.05, 4.69) is 4.98 Å². The van der Waals surface area contributed by atoms with Crippen LogP contribution in [-0.4, -0.2) is 41.3 Å². The lowest BCUT2D eigenvalue weighted by atomic mass is 10.1. The number of aromatic nitrogens is 4. The Morgan fingerprint density at radius 1 is 1.11 bits per heavy atom. The Labute approximate surface area is 217 Å². The molecular weight excluding hydrogens is 528 g/mol. The van der Waals surface area contributed by atoms with Gasteiger partial charge in [0.1, 0.15) is 30.2 Å². The summed E-state index contributed by atoms with van der Waals surface area (Å²) in [5.74, 6) is -2.85. The number of imidazole rings is 1. The summed E-state index contributed by atoms with van der Waals surface area (Å²) in [4.78, 5) is 54.2. The second-order valence-electron chi connectivity index (χ2n) is 8.80. The molecule has 2 aromatic heterocycles. The van der Waals surface area contributed by atoms with E-state index < -0.39 is 45.4 Å². The van der Waals surface area contributed by atoms with Crippen LogP contribution in [0.4, 0.5) is 13.6 Å². The summed E-state index contributed by atoms with van der Waals surface area (Å²) < 4.78 is 34.6. The van der Waals surface area contributed by atoms with E-state index in [1.807, 2.05) is 0 Å². The number of primary amides is 1. The molecule has 14 heteroatoms. The number of aliphatic hydroxyl groups is 1. The zero-order valence-corrected chi connectivity index (χ0v) is 20.7. The molecule has 0 atom stereocenters. The highest BCUT2D eigenvalue weighted by Gasteiger charge is 2.31. The monoisotopic (exact) mass is 547 g/mol. The van der Waals surface area contributed by atoms with Crippen molar-refractivity contribution >= 4 is 34.6 Å². The third-order valence-electron chi connectivity index (χ3n) is 5.53. The first kappa shape index (κ1) is 26.7. The number of ether oxygens (including phenoxy) is 1. The van der Waals surface area contributed by atoms with Crippen LogP contribution >= 0.6 is 11.6 Å². The molecule has 2 aromatic carbocycles. The van der Waals surface area contributed by atoms with Gasteiger partial charge in [-0.25, -0.2) is 32.5 Å². The Balaban J connectivity index is 1.67. The van der Waals surface area contributed by atoms with E-state index in [9.17, 15) is 33.1 Å². The van der Waals surface area contributed by atoms with Crippen LogP contribution in [0.2, 0.25) is 5.02 Å². The van der Waals surface area contributed by atoms with Gasteiger partial charge in [-0.05, 0) is 43.7 Å². The van der Waals surface area contributed by atoms with Crippen LogP contribution in [0.15, 0.2) is 52.3 Å². The van der Waals surface area contributed by atoms with E-state index in [1.165, 1.54) is 38.1 Å². The van der Waals surface area contributed by atoms with Crippen LogP contribution in [0, 0.1) is 11.6 Å². The lowest BCUT2D eigenvalue weighted by Gasteiger charge is -2.15. The highest BCUT2D eigenvalue weighted by Crippen LogP contribution is 2.21. The molecule has 0 aliphatic rings. The molecule has 0 fully saturated rings. The molecule has 198 valence electrons. The van der Waals surface area contributed by atoms with Crippen LogP contribution in [-0.2, 0) is 13.2 Å². The fourth-order valence-electron chi connectivity index (χ4n) is 3.67. The Hall–Kier alpha value is -4.36. The van der Waals surface area contributed by atoms with Crippen molar-refractivity contribution < 1.29 is 28.2 Å². The van der Waals surface area contributed by atoms with Crippen molar-refractivity contribution in [3.8, 4) is 5.88 Å². The Kier molecular flexibility index (Phi) is 6.91. The average Bonchev–Trinajstić information content (AvgIpc) is 3.12. The maximum Gasteiger partial charge on any atom is 0.344 e. The minimum absolute atomic E-state index is 0.0177. The lowest BCUT2D eigenvalue weighted by Crippen LogP contribution is -2.43. The fourth-order valence-corrected chi connectivity index (χ4v) is 3.88. The summed E-state index contributed by atoms with van der Waals surface area (Å²) in [5.41, 5.74) is 2.02. The Bertz CT molecular complexity index is 1720. The van der Waals surface area contributed by atoms with Gasteiger partial charge in [0.05, 0.1) is 17.6 Å². The van der Waals surface area contributed by atoms with Crippen molar-refractivity contribution in [2.45, 2.75) is 32.6 Å². The molecule has 38 heavy (non-hydrogen) atoms. The zero-order valence-electron chi connectivity index (χ0n) is 19.9. The Morgan fingerprint density at radius 2 is 1.82 bits per heavy atom. The summed E-state index contributed by atoms with van der Waals surface area (Å²) in [6.45, 7) is 1.88. The molecule has 0 spiro atoms. The van der Waals surface area contributed by atoms with Gasteiger partial charge in [0, 0.05) is 11.6 Å². The molecule has 11 nitrogen and oxygen atoms in total. The van der Waals surface area contributed by atoms with Crippen molar-refractivity contribution in [3.05, 3.63) is 91.3 Å². The van der Waals surface area contributed by atoms with Gasteiger partial charge in [-0.3, -0.25) is 14.2 Å². The van der Waals surface area contributed by atoms with Gasteiger partial charge < -0.3 is 15.6 Å². The predicted octanol–water partition coefficient (Wildman–Crippen LogP) is 2.26. The molecule has 4 rings (SSSR count). The number of nitrogens with zero attached hydrogens (tertiary/aromatic N) is 4. The molecule has 0 unspecified atom stereocenters. The molecule has 0 saturated carbocycles. The smallest absolute Gasteiger partial charge is 0.344 e. The normalized spacial score (nSPS) is 11.6. The number of hydrogen-bond acceptors (Lipinski definition) is 7. The lowest BCUT2D eigenvalue weighted by molar-refractivity contribution is 0.0392. The van der Waals surface area contributed by atoms with E-state index in [-0.39, 0.29) is 35.6 Å². The second-order valence-corrected chi connectivity index (χ2v) is 9.18. The molecule has 0 bridgehead atoms. The van der Waals surface area contributed by atoms with Crippen molar-refractivity contribution in [1.82, 2.24) is 18.7 Å². The number of carbonyl (C=O) groups excluding carboxylic acids is 2. The first-order chi connectivity index (χ1) is 17.8. The van der Waals surface area contributed by atoms with Crippen molar-refractivity contribution in [3.63, 3.8) is 0 Å². The minimum atomic E-state index is -1.95. The van der Waals surface area contributed by atoms with E-state index in [0.717, 1.165) is 17.0 Å². The first-order valence-corrected chi connectivity index (χ1v) is 11.3. The average molecular weight is 548 g/mol. The van der Waals surface area contributed by atoms with Gasteiger partial charge in [0.15, 0.2) is 5.02 Å². The number of hydrogen-bond donors (Lipinski definition) is 2. The second kappa shape index (κ2) is 9.84. The third-order valence-corrected chi connectivity index (χ3v) is 5.86. The molecule has 0 aliphatic carbocycles. The highest BCUT2D eigenvalue weighted by atomic mass is 35.5. The molecular formula is C24H20ClF2N5O6. The topological polar surface area (TPSA) is 151 Å². The summed E-state index contributed by atoms with van der Waals surface area (Å²) in [6, 6.07) is 6.03. The van der Waals surface area contributed by atoms with Crippen LogP contribution in [0.1, 0.15) is 29.8 Å². The number of rotatable bonds is 6. The fraction of sp³-hybridized carbons (Fsp3) is 0.208. The standard InChI is InChI=1S/C24H20ClF2N5O6/c1-24(2,37)21(34)31-17-7-12(3-6-16(17)32(22(28)35)23(31)36)9-30-11-29-19(18(25)20(30)33)38-10-13-4-5-14(26)8-15(13)27/h3-8,11,37H,9-10H2,1-2H3,(H2,28,35). The minimum Gasteiger partial charge on any atom is -0.471 e. The van der Waals surface area contributed by atoms with Crippen LogP contribution in [0.25, 0.3) is 11.0 Å². The van der Waals surface area contributed by atoms with Gasteiger partial charge in [-0.2, -0.15) is 0 Å². The van der Waals surface area contributed by atoms with Crippen molar-refractivity contribution in [2.24, 2.45) is 5.73 Å². The summed E-state index contributed by atoms with van der Waals surface area (Å²) in [5, 5.41) is 9.76. The summed E-state index contributed by atoms with van der Waals surface area (Å²) in [7, 11) is 0. The Morgan fingerprint density at radius 3 is 2.45 bits per heavy atom. The molecule has 0 aliphatic heterocycles. The molecule has 3 N–H and O–H groups in total. The number of halogens is 3. The van der Waals surface area contributed by atoms with Gasteiger partial charge in [0.2, 0.25) is 5.88 Å². The number of amides is 1. The van der Waals surface area contributed by atoms with Crippen molar-refractivity contribution in [1.29, 1.82) is 0 Å². The molecule has 0 radical (unpaired) electrons. The largest absolute Gasteiger partial charge is 0.471 e. The van der Waals surface area contributed by atoms with Gasteiger partial charge in [0.25, 0.3) is 11.5 Å². The van der Waals surface area contributed by atoms with Gasteiger partial charge in [-0.1, -0.05) is 17.7 Å². The van der Waals surface area contributed by atoms with E-state index in [0.29, 0.717) is 20.8 Å². The van der Waals surface area contributed by atoms with Gasteiger partial charge in [-0.15, -0.1) is 0 Å². The summed E-state index contributed by atoms with van der Waals surface area (Å²) in [6.07, 6.45) is 1.12. The molecule has 1 amide bonds. The SMILES string of the molecule is CC(C)(O)C(=O)n1c(=O)n(C(N)=O)c2ccc(Cn3cnc(OCc4ccc(F)cc4F)c(Cl)c3=O)cc21. The molecule has 2 heterocycles. The maximum absolute atomic E-state index is 13.8. The van der Waals surface area contributed by atoms with Crippen LogP contribution in [0.5, 0.6) is 5.88 Å². The van der Waals surface area contributed by atoms with E-state index in [4.69, 9.17) is 22.1 Å². The number of benzene rings is 2. The summed E-state index contributed by atoms with van der Waals surface area (Å²) >= 11 is 6.12. The van der Waals surface area contributed by atoms with E-state index in [1.54, 1.807) is 0 Å². The third kappa shape index (κ3) is 4.93. The van der Waals surface area contributed by atoms with E-state index >= 15 is 0 Å². The van der Waals surface area contributed by atoms with Crippen LogP contribution in [0.3, 0.4) is 0 Å². The predicted molar refractivity (Wildman–Crippen MR) is 131 cm³/mol. The van der Waals surface area contributed by atoms with Gasteiger partial charge >= 0.3 is 11.7 Å². The zero-order chi connectivity index (χ0) is 27.9.